The van der Waals surface area contributed by atoms with E-state index in [0.717, 1.165) is 12.0 Å². The number of Topliss-reactive ketones (excluding diaryl/α,β-unsaturated/α-hetero) is 1. The van der Waals surface area contributed by atoms with E-state index >= 15 is 0 Å². The molecule has 72 valence electrons. The highest BCUT2D eigenvalue weighted by Crippen LogP contribution is 2.43. The van der Waals surface area contributed by atoms with Crippen molar-refractivity contribution in [2.45, 2.75) is 33.1 Å². The Labute approximate surface area is 80.5 Å². The van der Waals surface area contributed by atoms with Crippen LogP contribution in [-0.2, 0) is 4.79 Å². The molecular formula is C12H18O. The van der Waals surface area contributed by atoms with Crippen molar-refractivity contribution in [1.82, 2.24) is 0 Å². The molecule has 1 aliphatic carbocycles. The zero-order chi connectivity index (χ0) is 10.1. The van der Waals surface area contributed by atoms with Crippen LogP contribution in [0.3, 0.4) is 0 Å². The van der Waals surface area contributed by atoms with Gasteiger partial charge in [0.15, 0.2) is 0 Å². The smallest absolute Gasteiger partial charge is 0.133 e. The summed E-state index contributed by atoms with van der Waals surface area (Å²) in [6, 6.07) is 0. The van der Waals surface area contributed by atoms with Gasteiger partial charge < -0.3 is 0 Å². The Balaban J connectivity index is 2.90. The molecule has 0 aromatic rings. The normalized spacial score (nSPS) is 34.3. The SMILES string of the molecule is C=CC1(C)CCC(=O)CC1C(=C)C. The molecule has 0 amide bonds. The molecule has 0 spiro atoms. The van der Waals surface area contributed by atoms with E-state index < -0.39 is 0 Å². The number of allylic oxidation sites excluding steroid dienone is 2. The fourth-order valence-corrected chi connectivity index (χ4v) is 2.13. The average molecular weight is 178 g/mol. The molecule has 0 N–H and O–H groups in total. The fourth-order valence-electron chi connectivity index (χ4n) is 2.13. The van der Waals surface area contributed by atoms with Gasteiger partial charge in [-0.25, -0.2) is 0 Å². The zero-order valence-corrected chi connectivity index (χ0v) is 8.60. The topological polar surface area (TPSA) is 17.1 Å². The van der Waals surface area contributed by atoms with E-state index in [-0.39, 0.29) is 5.41 Å². The number of hydrogen-bond donors (Lipinski definition) is 0. The molecule has 0 radical (unpaired) electrons. The molecule has 1 heteroatoms. The summed E-state index contributed by atoms with van der Waals surface area (Å²) < 4.78 is 0. The maximum absolute atomic E-state index is 11.3. The summed E-state index contributed by atoms with van der Waals surface area (Å²) in [6.07, 6.45) is 4.26. The van der Waals surface area contributed by atoms with Crippen LogP contribution in [0.5, 0.6) is 0 Å². The van der Waals surface area contributed by atoms with Gasteiger partial charge in [-0.15, -0.1) is 6.58 Å². The highest BCUT2D eigenvalue weighted by Gasteiger charge is 2.37. The summed E-state index contributed by atoms with van der Waals surface area (Å²) >= 11 is 0. The molecule has 2 unspecified atom stereocenters. The van der Waals surface area contributed by atoms with Crippen LogP contribution in [0.1, 0.15) is 33.1 Å². The Bertz CT molecular complexity index is 252. The zero-order valence-electron chi connectivity index (χ0n) is 8.60. The second-order valence-electron chi connectivity index (χ2n) is 4.35. The van der Waals surface area contributed by atoms with Crippen molar-refractivity contribution in [3.63, 3.8) is 0 Å². The van der Waals surface area contributed by atoms with Gasteiger partial charge in [-0.3, -0.25) is 4.79 Å². The minimum Gasteiger partial charge on any atom is -0.300 e. The number of carbonyl (C=O) groups is 1. The average Bonchev–Trinajstić information content (AvgIpc) is 2.09. The molecule has 0 aliphatic heterocycles. The van der Waals surface area contributed by atoms with Crippen molar-refractivity contribution in [2.75, 3.05) is 0 Å². The predicted octanol–water partition coefficient (Wildman–Crippen LogP) is 3.12. The van der Waals surface area contributed by atoms with Gasteiger partial charge in [-0.1, -0.05) is 25.2 Å². The molecule has 0 bridgehead atoms. The largest absolute Gasteiger partial charge is 0.300 e. The van der Waals surface area contributed by atoms with Gasteiger partial charge >= 0.3 is 0 Å². The summed E-state index contributed by atoms with van der Waals surface area (Å²) in [5, 5.41) is 0. The lowest BCUT2D eigenvalue weighted by molar-refractivity contribution is -0.123. The lowest BCUT2D eigenvalue weighted by atomic mass is 9.65. The van der Waals surface area contributed by atoms with Crippen LogP contribution in [0, 0.1) is 11.3 Å². The monoisotopic (exact) mass is 178 g/mol. The summed E-state index contributed by atoms with van der Waals surface area (Å²) in [4.78, 5) is 11.3. The third-order valence-corrected chi connectivity index (χ3v) is 3.23. The van der Waals surface area contributed by atoms with Crippen molar-refractivity contribution in [2.24, 2.45) is 11.3 Å². The van der Waals surface area contributed by atoms with Gasteiger partial charge in [0.05, 0.1) is 0 Å². The lowest BCUT2D eigenvalue weighted by Gasteiger charge is -2.39. The second kappa shape index (κ2) is 3.49. The van der Waals surface area contributed by atoms with Gasteiger partial charge in [-0.05, 0) is 24.7 Å². The van der Waals surface area contributed by atoms with Gasteiger partial charge in [0.2, 0.25) is 0 Å². The van der Waals surface area contributed by atoms with E-state index in [1.54, 1.807) is 0 Å². The maximum Gasteiger partial charge on any atom is 0.133 e. The minimum absolute atomic E-state index is 0.0831. The third kappa shape index (κ3) is 1.90. The number of carbonyl (C=O) groups excluding carboxylic acids is 1. The number of rotatable bonds is 2. The first-order valence-corrected chi connectivity index (χ1v) is 4.80. The molecule has 2 atom stereocenters. The molecule has 1 saturated carbocycles. The Morgan fingerprint density at radius 1 is 1.69 bits per heavy atom. The fraction of sp³-hybridized carbons (Fsp3) is 0.583. The van der Waals surface area contributed by atoms with Crippen LogP contribution in [-0.4, -0.2) is 5.78 Å². The van der Waals surface area contributed by atoms with E-state index in [1.807, 2.05) is 13.0 Å². The van der Waals surface area contributed by atoms with E-state index in [1.165, 1.54) is 0 Å². The Hall–Kier alpha value is -0.850. The first-order valence-electron chi connectivity index (χ1n) is 4.80. The van der Waals surface area contributed by atoms with E-state index in [2.05, 4.69) is 20.1 Å². The standard InChI is InChI=1S/C12H18O/c1-5-12(4)7-6-10(13)8-11(12)9(2)3/h5,11H,1-2,6-8H2,3-4H3. The summed E-state index contributed by atoms with van der Waals surface area (Å²) in [5.41, 5.74) is 1.19. The summed E-state index contributed by atoms with van der Waals surface area (Å²) in [7, 11) is 0. The number of hydrogen-bond acceptors (Lipinski definition) is 1. The van der Waals surface area contributed by atoms with Crippen LogP contribution in [0.15, 0.2) is 24.8 Å². The van der Waals surface area contributed by atoms with Crippen molar-refractivity contribution in [3.8, 4) is 0 Å². The van der Waals surface area contributed by atoms with Crippen molar-refractivity contribution in [3.05, 3.63) is 24.8 Å². The lowest BCUT2D eigenvalue weighted by Crippen LogP contribution is -2.33. The highest BCUT2D eigenvalue weighted by atomic mass is 16.1. The first-order chi connectivity index (χ1) is 5.99. The Morgan fingerprint density at radius 3 is 2.77 bits per heavy atom. The molecule has 1 rings (SSSR count). The maximum atomic E-state index is 11.3. The van der Waals surface area contributed by atoms with Gasteiger partial charge in [0.1, 0.15) is 5.78 Å². The molecule has 1 nitrogen and oxygen atoms in total. The molecule has 13 heavy (non-hydrogen) atoms. The van der Waals surface area contributed by atoms with Crippen molar-refractivity contribution >= 4 is 5.78 Å². The van der Waals surface area contributed by atoms with E-state index in [0.29, 0.717) is 24.5 Å². The highest BCUT2D eigenvalue weighted by molar-refractivity contribution is 5.80. The van der Waals surface area contributed by atoms with E-state index in [9.17, 15) is 4.79 Å². The van der Waals surface area contributed by atoms with Gasteiger partial charge in [-0.2, -0.15) is 0 Å². The molecule has 1 fully saturated rings. The molecule has 0 aromatic heterocycles. The number of ketones is 1. The summed E-state index contributed by atoms with van der Waals surface area (Å²) in [5.74, 6) is 0.665. The molecule has 0 heterocycles. The molecule has 0 saturated heterocycles. The quantitative estimate of drug-likeness (QED) is 0.594. The van der Waals surface area contributed by atoms with Crippen molar-refractivity contribution in [1.29, 1.82) is 0 Å². The van der Waals surface area contributed by atoms with Crippen LogP contribution in [0.4, 0.5) is 0 Å². The molecule has 1 aliphatic rings. The predicted molar refractivity (Wildman–Crippen MR) is 55.5 cm³/mol. The molecule has 0 aromatic carbocycles. The van der Waals surface area contributed by atoms with E-state index in [4.69, 9.17) is 0 Å². The van der Waals surface area contributed by atoms with Crippen LogP contribution >= 0.6 is 0 Å². The van der Waals surface area contributed by atoms with Crippen LogP contribution in [0.2, 0.25) is 0 Å². The Morgan fingerprint density at radius 2 is 2.31 bits per heavy atom. The second-order valence-corrected chi connectivity index (χ2v) is 4.35. The third-order valence-electron chi connectivity index (χ3n) is 3.23. The molecular weight excluding hydrogens is 160 g/mol. The van der Waals surface area contributed by atoms with Crippen LogP contribution < -0.4 is 0 Å². The van der Waals surface area contributed by atoms with Gasteiger partial charge in [0, 0.05) is 12.8 Å². The van der Waals surface area contributed by atoms with Crippen molar-refractivity contribution < 1.29 is 4.79 Å². The minimum atomic E-state index is 0.0831. The first kappa shape index (κ1) is 10.2. The Kier molecular flexibility index (Phi) is 2.74. The summed E-state index contributed by atoms with van der Waals surface area (Å²) in [6.45, 7) is 12.0. The van der Waals surface area contributed by atoms with Gasteiger partial charge in [0.25, 0.3) is 0 Å². The van der Waals surface area contributed by atoms with Crippen LogP contribution in [0.25, 0.3) is 0 Å².